The molecular weight excluding hydrogens is 613 g/mol. The number of anilines is 3. The molecule has 0 aliphatic rings. The van der Waals surface area contributed by atoms with Gasteiger partial charge in [0.2, 0.25) is 5.89 Å². The minimum atomic E-state index is -1.09. The molecule has 14 heteroatoms. The van der Waals surface area contributed by atoms with Gasteiger partial charge in [0.05, 0.1) is 13.2 Å². The Morgan fingerprint density at radius 3 is 2.39 bits per heavy atom. The first-order chi connectivity index (χ1) is 21.8. The van der Waals surface area contributed by atoms with Crippen LogP contribution in [0, 0.1) is 0 Å². The van der Waals surface area contributed by atoms with Crippen LogP contribution in [0.3, 0.4) is 0 Å². The number of hydrogen-bond donors (Lipinski definition) is 4. The highest BCUT2D eigenvalue weighted by atomic mass is 31.1. The van der Waals surface area contributed by atoms with Crippen molar-refractivity contribution in [2.45, 2.75) is 45.3 Å². The van der Waals surface area contributed by atoms with E-state index in [4.69, 9.17) is 23.3 Å². The monoisotopic (exact) mass is 655 g/mol. The van der Waals surface area contributed by atoms with Gasteiger partial charge in [0.15, 0.2) is 14.6 Å². The third-order valence-electron chi connectivity index (χ3n) is 7.33. The van der Waals surface area contributed by atoms with Crippen molar-refractivity contribution in [1.29, 1.82) is 0 Å². The molecule has 1 aromatic heterocycles. The molecule has 0 aliphatic carbocycles. The predicted molar refractivity (Wildman–Crippen MR) is 181 cm³/mol. The van der Waals surface area contributed by atoms with Crippen LogP contribution in [0.5, 0.6) is 5.75 Å². The van der Waals surface area contributed by atoms with Crippen LogP contribution in [-0.2, 0) is 14.1 Å². The zero-order chi connectivity index (χ0) is 33.5. The second kappa shape index (κ2) is 15.0. The van der Waals surface area contributed by atoms with Crippen molar-refractivity contribution < 1.29 is 28.1 Å². The third kappa shape index (κ3) is 8.82. The summed E-state index contributed by atoms with van der Waals surface area (Å²) in [6, 6.07) is 13.3. The van der Waals surface area contributed by atoms with Gasteiger partial charge in [0.1, 0.15) is 34.8 Å². The summed E-state index contributed by atoms with van der Waals surface area (Å²) in [5.41, 5.74) is 0.787. The molecule has 13 nitrogen and oxygen atoms in total. The van der Waals surface area contributed by atoms with Crippen molar-refractivity contribution in [2.24, 2.45) is 0 Å². The van der Waals surface area contributed by atoms with E-state index in [0.717, 1.165) is 11.3 Å². The van der Waals surface area contributed by atoms with E-state index >= 15 is 0 Å². The van der Waals surface area contributed by atoms with Gasteiger partial charge in [0, 0.05) is 50.0 Å². The molecule has 248 valence electrons. The maximum atomic E-state index is 12.4. The van der Waals surface area contributed by atoms with E-state index in [0.29, 0.717) is 29.2 Å². The smallest absolute Gasteiger partial charge is 0.253 e. The molecule has 0 radical (unpaired) electrons. The number of ether oxygens (including phenoxy) is 2. The summed E-state index contributed by atoms with van der Waals surface area (Å²) in [5.74, 6) is 0.791. The maximum Gasteiger partial charge on any atom is 0.253 e. The van der Waals surface area contributed by atoms with Crippen LogP contribution in [0.1, 0.15) is 34.1 Å². The van der Waals surface area contributed by atoms with Crippen LogP contribution in [-0.4, -0.2) is 73.9 Å². The SMILES string of the molecule is CN(C)c1ccc(-c2nc3ccc(OCCNc4c(NC(C)(C)CCOC(C)(C)C(=O)NCCOPO)c(=O)c4=O)cc3o2)cc1. The fraction of sp³-hybridized carbons (Fsp3) is 0.438. The number of nitrogens with one attached hydrogen (secondary N) is 3. The van der Waals surface area contributed by atoms with E-state index in [1.165, 1.54) is 0 Å². The van der Waals surface area contributed by atoms with Gasteiger partial charge in [-0.3, -0.25) is 14.4 Å². The van der Waals surface area contributed by atoms with Crippen molar-refractivity contribution >= 4 is 43.1 Å². The number of rotatable bonds is 18. The van der Waals surface area contributed by atoms with Crippen LogP contribution in [0.2, 0.25) is 0 Å². The van der Waals surface area contributed by atoms with E-state index in [1.807, 2.05) is 63.2 Å². The summed E-state index contributed by atoms with van der Waals surface area (Å²) in [7, 11) is 3.33. The molecular formula is C32H42N5O8P. The van der Waals surface area contributed by atoms with Crippen molar-refractivity contribution in [3.8, 4) is 17.2 Å². The maximum absolute atomic E-state index is 12.4. The second-order valence-electron chi connectivity index (χ2n) is 12.1. The summed E-state index contributed by atoms with van der Waals surface area (Å²) in [5, 5.41) is 8.87. The molecule has 3 aromatic carbocycles. The Labute approximate surface area is 269 Å². The summed E-state index contributed by atoms with van der Waals surface area (Å²) in [6.07, 6.45) is 0.451. The Morgan fingerprint density at radius 1 is 0.978 bits per heavy atom. The standard InChI is InChI=1S/C32H42N5O8P/c1-31(2,13-16-43-32(3,4)30(40)34-15-18-44-46-41)36-26-25(27(38)28(26)39)33-14-17-42-22-11-12-23-24(19-22)45-29(35-23)20-7-9-21(10-8-20)37(5)6/h7-12,19,33,36,41,46H,13-18H2,1-6H3,(H,34,40). The summed E-state index contributed by atoms with van der Waals surface area (Å²) in [4.78, 5) is 52.4. The number of amides is 1. The van der Waals surface area contributed by atoms with Crippen molar-refractivity contribution in [2.75, 3.05) is 62.5 Å². The Bertz CT molecular complexity index is 1690. The second-order valence-corrected chi connectivity index (χ2v) is 12.6. The molecule has 4 rings (SSSR count). The molecule has 1 unspecified atom stereocenters. The molecule has 4 aromatic rings. The lowest BCUT2D eigenvalue weighted by Gasteiger charge is -2.31. The minimum Gasteiger partial charge on any atom is -0.492 e. The van der Waals surface area contributed by atoms with Crippen molar-refractivity contribution in [3.05, 3.63) is 62.9 Å². The lowest BCUT2D eigenvalue weighted by atomic mass is 9.99. The zero-order valence-corrected chi connectivity index (χ0v) is 28.0. The van der Waals surface area contributed by atoms with Gasteiger partial charge < -0.3 is 44.2 Å². The lowest BCUT2D eigenvalue weighted by Crippen LogP contribution is -2.47. The molecule has 0 spiro atoms. The van der Waals surface area contributed by atoms with Gasteiger partial charge in [-0.25, -0.2) is 4.98 Å². The number of carbonyl (C=O) groups is 1. The van der Waals surface area contributed by atoms with Crippen LogP contribution in [0.15, 0.2) is 56.5 Å². The van der Waals surface area contributed by atoms with Gasteiger partial charge in [-0.2, -0.15) is 0 Å². The first-order valence-corrected chi connectivity index (χ1v) is 15.8. The topological polar surface area (TPSA) is 164 Å². The van der Waals surface area contributed by atoms with Gasteiger partial charge in [-0.1, -0.05) is 0 Å². The van der Waals surface area contributed by atoms with E-state index in [1.54, 1.807) is 26.0 Å². The fourth-order valence-electron chi connectivity index (χ4n) is 4.55. The molecule has 0 saturated carbocycles. The number of aromatic nitrogens is 1. The highest BCUT2D eigenvalue weighted by molar-refractivity contribution is 7.24. The van der Waals surface area contributed by atoms with Crippen molar-refractivity contribution in [3.63, 3.8) is 0 Å². The average molecular weight is 656 g/mol. The Balaban J connectivity index is 1.26. The Morgan fingerprint density at radius 2 is 1.70 bits per heavy atom. The largest absolute Gasteiger partial charge is 0.492 e. The molecule has 1 amide bonds. The number of carbonyl (C=O) groups excluding carboxylic acids is 1. The summed E-state index contributed by atoms with van der Waals surface area (Å²) < 4.78 is 22.5. The fourth-order valence-corrected chi connectivity index (χ4v) is 4.74. The lowest BCUT2D eigenvalue weighted by molar-refractivity contribution is -0.143. The van der Waals surface area contributed by atoms with E-state index in [-0.39, 0.29) is 50.2 Å². The van der Waals surface area contributed by atoms with E-state index in [2.05, 4.69) is 20.9 Å². The number of nitrogens with zero attached hydrogens (tertiary/aromatic N) is 2. The minimum absolute atomic E-state index is 0.199. The first-order valence-electron chi connectivity index (χ1n) is 14.9. The molecule has 1 atom stereocenters. The molecule has 46 heavy (non-hydrogen) atoms. The van der Waals surface area contributed by atoms with Crippen LogP contribution in [0.4, 0.5) is 17.1 Å². The van der Waals surface area contributed by atoms with Gasteiger partial charge in [0.25, 0.3) is 16.8 Å². The number of hydrogen-bond acceptors (Lipinski definition) is 12. The van der Waals surface area contributed by atoms with Gasteiger partial charge in [-0.15, -0.1) is 0 Å². The number of fused-ring (bicyclic) bond motifs is 1. The Kier molecular flexibility index (Phi) is 11.4. The normalized spacial score (nSPS) is 12.2. The zero-order valence-electron chi connectivity index (χ0n) is 27.0. The first kappa shape index (κ1) is 34.8. The molecule has 1 heterocycles. The quantitative estimate of drug-likeness (QED) is 0.0700. The summed E-state index contributed by atoms with van der Waals surface area (Å²) >= 11 is 0. The average Bonchev–Trinajstić information content (AvgIpc) is 3.45. The van der Waals surface area contributed by atoms with Crippen LogP contribution >= 0.6 is 9.03 Å². The molecule has 0 bridgehead atoms. The highest BCUT2D eigenvalue weighted by Crippen LogP contribution is 2.28. The molecule has 0 saturated heterocycles. The van der Waals surface area contributed by atoms with Gasteiger partial charge in [-0.05, 0) is 70.5 Å². The molecule has 0 fully saturated rings. The number of oxazole rings is 1. The molecule has 0 aliphatic heterocycles. The van der Waals surface area contributed by atoms with Crippen LogP contribution in [0.25, 0.3) is 22.6 Å². The van der Waals surface area contributed by atoms with Gasteiger partial charge >= 0.3 is 0 Å². The van der Waals surface area contributed by atoms with E-state index < -0.39 is 31.0 Å². The van der Waals surface area contributed by atoms with E-state index in [9.17, 15) is 14.4 Å². The third-order valence-corrected chi connectivity index (χ3v) is 7.66. The molecule has 4 N–H and O–H groups in total. The van der Waals surface area contributed by atoms with Crippen molar-refractivity contribution in [1.82, 2.24) is 10.3 Å². The highest BCUT2D eigenvalue weighted by Gasteiger charge is 2.31. The Hall–Kier alpha value is -4.03. The van der Waals surface area contributed by atoms with Crippen LogP contribution < -0.4 is 36.4 Å². The number of benzene rings is 2. The predicted octanol–water partition coefficient (Wildman–Crippen LogP) is 3.66. The summed E-state index contributed by atoms with van der Waals surface area (Å²) in [6.45, 7) is 8.27.